The average Bonchev–Trinajstić information content (AvgIpc) is 2.29. The van der Waals surface area contributed by atoms with E-state index < -0.39 is 11.9 Å². The molecule has 4 heteroatoms. The Balaban J connectivity index is 2.43. The van der Waals surface area contributed by atoms with Gasteiger partial charge >= 0.3 is 6.18 Å². The number of hydrogen-bond donors (Lipinski definition) is 0. The lowest BCUT2D eigenvalue weighted by atomic mass is 10.1. The van der Waals surface area contributed by atoms with Gasteiger partial charge in [-0.25, -0.2) is 4.98 Å². The molecule has 0 bridgehead atoms. The molecule has 0 fully saturated rings. The van der Waals surface area contributed by atoms with Crippen molar-refractivity contribution >= 4 is 0 Å². The number of pyridine rings is 1. The minimum Gasteiger partial charge on any atom is -0.243 e. The van der Waals surface area contributed by atoms with E-state index in [1.165, 1.54) is 6.07 Å². The molecule has 1 nitrogen and oxygen atoms in total. The van der Waals surface area contributed by atoms with Gasteiger partial charge in [0.1, 0.15) is 5.69 Å². The summed E-state index contributed by atoms with van der Waals surface area (Å²) >= 11 is 0. The van der Waals surface area contributed by atoms with E-state index in [0.717, 1.165) is 11.6 Å². The Bertz CT molecular complexity index is 515. The Morgan fingerprint density at radius 2 is 1.59 bits per heavy atom. The number of rotatable bonds is 1. The van der Waals surface area contributed by atoms with Gasteiger partial charge in [0.05, 0.1) is 5.69 Å². The van der Waals surface area contributed by atoms with Crippen LogP contribution in [0.25, 0.3) is 11.3 Å². The van der Waals surface area contributed by atoms with Gasteiger partial charge in [-0.15, -0.1) is 0 Å². The number of halogens is 3. The highest BCUT2D eigenvalue weighted by Crippen LogP contribution is 2.29. The first-order valence-electron chi connectivity index (χ1n) is 4.93. The van der Waals surface area contributed by atoms with E-state index >= 15 is 0 Å². The van der Waals surface area contributed by atoms with Crippen molar-refractivity contribution in [3.63, 3.8) is 0 Å². The molecule has 1 heterocycles. The fourth-order valence-electron chi connectivity index (χ4n) is 1.43. The standard InChI is InChI=1S/C13H9F3N/c1-9-5-7-10(8-6-9)11-3-2-4-12(17-11)13(14,15)16/h2-8H,1H2. The molecule has 0 spiro atoms. The summed E-state index contributed by atoms with van der Waals surface area (Å²) in [6.45, 7) is 3.71. The molecule has 87 valence electrons. The minimum atomic E-state index is -4.41. The van der Waals surface area contributed by atoms with Crippen LogP contribution < -0.4 is 0 Å². The summed E-state index contributed by atoms with van der Waals surface area (Å²) in [4.78, 5) is 3.60. The number of benzene rings is 1. The highest BCUT2D eigenvalue weighted by atomic mass is 19.4. The largest absolute Gasteiger partial charge is 0.433 e. The smallest absolute Gasteiger partial charge is 0.243 e. The van der Waals surface area contributed by atoms with Crippen molar-refractivity contribution in [2.24, 2.45) is 0 Å². The van der Waals surface area contributed by atoms with Crippen LogP contribution in [0.2, 0.25) is 0 Å². The first-order chi connectivity index (χ1) is 7.97. The molecule has 0 saturated carbocycles. The third-order valence-electron chi connectivity index (χ3n) is 2.29. The molecule has 1 aromatic carbocycles. The Labute approximate surface area is 96.9 Å². The Hall–Kier alpha value is -1.84. The van der Waals surface area contributed by atoms with Gasteiger partial charge in [-0.05, 0) is 24.6 Å². The van der Waals surface area contributed by atoms with E-state index in [0.29, 0.717) is 11.3 Å². The van der Waals surface area contributed by atoms with Gasteiger partial charge < -0.3 is 0 Å². The van der Waals surface area contributed by atoms with Crippen LogP contribution in [-0.2, 0) is 6.18 Å². The minimum absolute atomic E-state index is 0.305. The molecule has 0 atom stereocenters. The highest BCUT2D eigenvalue weighted by molar-refractivity contribution is 5.59. The monoisotopic (exact) mass is 236 g/mol. The van der Waals surface area contributed by atoms with Crippen molar-refractivity contribution in [3.05, 3.63) is 60.6 Å². The van der Waals surface area contributed by atoms with Crippen molar-refractivity contribution in [2.75, 3.05) is 0 Å². The summed E-state index contributed by atoms with van der Waals surface area (Å²) in [6, 6.07) is 10.7. The quantitative estimate of drug-likeness (QED) is 0.730. The summed E-state index contributed by atoms with van der Waals surface area (Å²) in [6.07, 6.45) is -4.41. The lowest BCUT2D eigenvalue weighted by molar-refractivity contribution is -0.141. The highest BCUT2D eigenvalue weighted by Gasteiger charge is 2.32. The van der Waals surface area contributed by atoms with Gasteiger partial charge in [0.25, 0.3) is 0 Å². The van der Waals surface area contributed by atoms with Gasteiger partial charge in [0.2, 0.25) is 0 Å². The molecular weight excluding hydrogens is 227 g/mol. The van der Waals surface area contributed by atoms with Crippen LogP contribution in [0, 0.1) is 6.92 Å². The fourth-order valence-corrected chi connectivity index (χ4v) is 1.43. The molecular formula is C13H9F3N. The van der Waals surface area contributed by atoms with Crippen LogP contribution in [0.15, 0.2) is 42.5 Å². The third kappa shape index (κ3) is 2.64. The predicted octanol–water partition coefficient (Wildman–Crippen LogP) is 3.95. The van der Waals surface area contributed by atoms with Crippen LogP contribution in [0.5, 0.6) is 0 Å². The van der Waals surface area contributed by atoms with E-state index in [-0.39, 0.29) is 0 Å². The second-order valence-corrected chi connectivity index (χ2v) is 3.60. The van der Waals surface area contributed by atoms with E-state index in [1.54, 1.807) is 30.3 Å². The topological polar surface area (TPSA) is 12.9 Å². The van der Waals surface area contributed by atoms with Crippen LogP contribution in [-0.4, -0.2) is 4.98 Å². The summed E-state index contributed by atoms with van der Waals surface area (Å²) < 4.78 is 37.4. The summed E-state index contributed by atoms with van der Waals surface area (Å²) in [5.74, 6) is 0. The van der Waals surface area contributed by atoms with E-state index in [9.17, 15) is 13.2 Å². The molecule has 0 amide bonds. The number of alkyl halides is 3. The van der Waals surface area contributed by atoms with Crippen molar-refractivity contribution in [1.82, 2.24) is 4.98 Å². The fraction of sp³-hybridized carbons (Fsp3) is 0.0769. The zero-order valence-electron chi connectivity index (χ0n) is 8.83. The molecule has 0 aliphatic carbocycles. The normalized spacial score (nSPS) is 11.5. The van der Waals surface area contributed by atoms with Crippen LogP contribution >= 0.6 is 0 Å². The molecule has 0 saturated heterocycles. The molecule has 2 rings (SSSR count). The van der Waals surface area contributed by atoms with E-state index in [4.69, 9.17) is 0 Å². The van der Waals surface area contributed by atoms with Gasteiger partial charge in [0, 0.05) is 5.56 Å². The van der Waals surface area contributed by atoms with Gasteiger partial charge in [0.15, 0.2) is 0 Å². The number of aromatic nitrogens is 1. The number of nitrogens with zero attached hydrogens (tertiary/aromatic N) is 1. The second kappa shape index (κ2) is 4.20. The van der Waals surface area contributed by atoms with Crippen molar-refractivity contribution < 1.29 is 13.2 Å². The summed E-state index contributed by atoms with van der Waals surface area (Å²) in [7, 11) is 0. The zero-order chi connectivity index (χ0) is 12.5. The second-order valence-electron chi connectivity index (χ2n) is 3.60. The maximum atomic E-state index is 12.5. The van der Waals surface area contributed by atoms with E-state index in [1.807, 2.05) is 0 Å². The molecule has 1 radical (unpaired) electrons. The maximum absolute atomic E-state index is 12.5. The SMILES string of the molecule is [CH2]c1ccc(-c2cccc(C(F)(F)F)n2)cc1. The maximum Gasteiger partial charge on any atom is 0.433 e. The lowest BCUT2D eigenvalue weighted by Gasteiger charge is -2.07. The van der Waals surface area contributed by atoms with Crippen LogP contribution in [0.3, 0.4) is 0 Å². The molecule has 0 N–H and O–H groups in total. The molecule has 1 aromatic heterocycles. The third-order valence-corrected chi connectivity index (χ3v) is 2.29. The first-order valence-corrected chi connectivity index (χ1v) is 4.93. The van der Waals surface area contributed by atoms with Gasteiger partial charge in [-0.2, -0.15) is 13.2 Å². The van der Waals surface area contributed by atoms with E-state index in [2.05, 4.69) is 11.9 Å². The molecule has 0 aliphatic rings. The Kier molecular flexibility index (Phi) is 2.88. The first kappa shape index (κ1) is 11.6. The summed E-state index contributed by atoms with van der Waals surface area (Å²) in [5.41, 5.74) is 0.873. The zero-order valence-corrected chi connectivity index (χ0v) is 8.83. The van der Waals surface area contributed by atoms with Crippen molar-refractivity contribution in [2.45, 2.75) is 6.18 Å². The number of hydrogen-bond acceptors (Lipinski definition) is 1. The van der Waals surface area contributed by atoms with Gasteiger partial charge in [-0.3, -0.25) is 0 Å². The molecule has 0 aliphatic heterocycles. The molecule has 17 heavy (non-hydrogen) atoms. The average molecular weight is 236 g/mol. The van der Waals surface area contributed by atoms with Crippen LogP contribution in [0.1, 0.15) is 11.3 Å². The van der Waals surface area contributed by atoms with Crippen molar-refractivity contribution in [3.8, 4) is 11.3 Å². The molecule has 2 aromatic rings. The Morgan fingerprint density at radius 1 is 0.941 bits per heavy atom. The summed E-state index contributed by atoms with van der Waals surface area (Å²) in [5, 5.41) is 0. The van der Waals surface area contributed by atoms with Crippen LogP contribution in [0.4, 0.5) is 13.2 Å². The Morgan fingerprint density at radius 3 is 2.18 bits per heavy atom. The van der Waals surface area contributed by atoms with Gasteiger partial charge in [-0.1, -0.05) is 30.3 Å². The van der Waals surface area contributed by atoms with Crippen molar-refractivity contribution in [1.29, 1.82) is 0 Å². The molecule has 0 unspecified atom stereocenters. The lowest BCUT2D eigenvalue weighted by Crippen LogP contribution is -2.07. The predicted molar refractivity (Wildman–Crippen MR) is 59.1 cm³/mol.